The number of hydrogen-bond acceptors (Lipinski definition) is 6. The second-order valence-electron chi connectivity index (χ2n) is 7.39. The zero-order valence-electron chi connectivity index (χ0n) is 18.4. The molecule has 33 heavy (non-hydrogen) atoms. The maximum absolute atomic E-state index is 13.2. The maximum atomic E-state index is 13.2. The summed E-state index contributed by atoms with van der Waals surface area (Å²) in [5, 5.41) is 3.77. The summed E-state index contributed by atoms with van der Waals surface area (Å²) in [6, 6.07) is 16.9. The van der Waals surface area contributed by atoms with Gasteiger partial charge in [-0.15, -0.1) is 0 Å². The average molecular weight is 471 g/mol. The minimum atomic E-state index is -3.88. The summed E-state index contributed by atoms with van der Waals surface area (Å²) >= 11 is 0. The smallest absolute Gasteiger partial charge is 0.309 e. The number of nitrogens with one attached hydrogen (secondary N) is 2. The fourth-order valence-corrected chi connectivity index (χ4v) is 4.88. The molecular weight excluding hydrogens is 444 g/mol. The molecule has 3 aromatic rings. The number of aryl methyl sites for hydroxylation is 1. The Bertz CT molecular complexity index is 1190. The highest BCUT2D eigenvalue weighted by atomic mass is 32.2. The maximum Gasteiger partial charge on any atom is 0.309 e. The van der Waals surface area contributed by atoms with Crippen molar-refractivity contribution in [3.05, 3.63) is 83.8 Å². The molecule has 0 saturated heterocycles. The van der Waals surface area contributed by atoms with Gasteiger partial charge < -0.3 is 19.8 Å². The van der Waals surface area contributed by atoms with Crippen LogP contribution in [0.4, 0.5) is 0 Å². The van der Waals surface area contributed by atoms with Crippen molar-refractivity contribution in [2.45, 2.75) is 23.5 Å². The number of rotatable bonds is 9. The molecule has 0 fully saturated rings. The van der Waals surface area contributed by atoms with Crippen LogP contribution in [0.25, 0.3) is 0 Å². The van der Waals surface area contributed by atoms with Crippen molar-refractivity contribution in [3.63, 3.8) is 0 Å². The van der Waals surface area contributed by atoms with Crippen molar-refractivity contribution in [3.8, 4) is 5.75 Å². The minimum absolute atomic E-state index is 0.102. The van der Waals surface area contributed by atoms with Gasteiger partial charge in [-0.25, -0.2) is 8.42 Å². The molecular formula is C24H26N2O6S. The molecule has 3 rings (SSSR count). The Balaban J connectivity index is 1.62. The Labute approximate surface area is 192 Å². The van der Waals surface area contributed by atoms with E-state index in [1.165, 1.54) is 24.5 Å². The van der Waals surface area contributed by atoms with Crippen molar-refractivity contribution in [1.82, 2.24) is 10.6 Å². The Morgan fingerprint density at radius 2 is 1.67 bits per heavy atom. The van der Waals surface area contributed by atoms with Crippen LogP contribution in [0, 0.1) is 6.92 Å². The van der Waals surface area contributed by atoms with Gasteiger partial charge in [0.2, 0.25) is 0 Å². The molecule has 2 N–H and O–H groups in total. The fraction of sp³-hybridized carbons (Fsp3) is 0.250. The van der Waals surface area contributed by atoms with Gasteiger partial charge in [0.05, 0.1) is 18.3 Å². The predicted octanol–water partition coefficient (Wildman–Crippen LogP) is 2.59. The summed E-state index contributed by atoms with van der Waals surface area (Å²) in [4.78, 5) is 24.6. The Morgan fingerprint density at radius 3 is 2.33 bits per heavy atom. The highest BCUT2D eigenvalue weighted by Crippen LogP contribution is 2.29. The van der Waals surface area contributed by atoms with Crippen LogP contribution in [0.3, 0.4) is 0 Å². The van der Waals surface area contributed by atoms with E-state index in [0.29, 0.717) is 12.2 Å². The van der Waals surface area contributed by atoms with Crippen LogP contribution >= 0.6 is 0 Å². The molecule has 2 amide bonds. The minimum Gasteiger partial charge on any atom is -0.496 e. The van der Waals surface area contributed by atoms with Gasteiger partial charge in [0.25, 0.3) is 0 Å². The number of furan rings is 1. The molecule has 1 unspecified atom stereocenters. The number of amides is 2. The van der Waals surface area contributed by atoms with E-state index in [-0.39, 0.29) is 23.7 Å². The molecule has 1 atom stereocenters. The number of para-hydroxylation sites is 1. The molecule has 0 aliphatic heterocycles. The van der Waals surface area contributed by atoms with Crippen molar-refractivity contribution in [2.75, 3.05) is 20.2 Å². The number of methoxy groups -OCH3 is 1. The summed E-state index contributed by atoms with van der Waals surface area (Å²) in [6.45, 7) is 1.76. The van der Waals surface area contributed by atoms with Gasteiger partial charge >= 0.3 is 11.8 Å². The molecule has 0 aliphatic carbocycles. The first-order chi connectivity index (χ1) is 15.8. The first-order valence-corrected chi connectivity index (χ1v) is 11.9. The van der Waals surface area contributed by atoms with Gasteiger partial charge in [-0.3, -0.25) is 9.59 Å². The van der Waals surface area contributed by atoms with E-state index in [2.05, 4.69) is 10.6 Å². The van der Waals surface area contributed by atoms with Crippen LogP contribution in [0.15, 0.2) is 76.2 Å². The highest BCUT2D eigenvalue weighted by molar-refractivity contribution is 7.91. The Hall–Kier alpha value is -3.59. The number of hydrogen-bond donors (Lipinski definition) is 2. The second kappa shape index (κ2) is 10.8. The van der Waals surface area contributed by atoms with E-state index in [1.807, 2.05) is 31.2 Å². The zero-order chi connectivity index (χ0) is 23.8. The SMILES string of the molecule is COc1ccccc1CCNC(=O)C(=O)NCC(c1ccco1)S(=O)(=O)c1ccc(C)cc1. The van der Waals surface area contributed by atoms with Gasteiger partial charge in [0, 0.05) is 13.1 Å². The molecule has 2 aromatic carbocycles. The third-order valence-electron chi connectivity index (χ3n) is 5.11. The van der Waals surface area contributed by atoms with E-state index in [4.69, 9.17) is 9.15 Å². The molecule has 8 nitrogen and oxygen atoms in total. The highest BCUT2D eigenvalue weighted by Gasteiger charge is 2.32. The van der Waals surface area contributed by atoms with Gasteiger partial charge in [-0.05, 0) is 49.2 Å². The van der Waals surface area contributed by atoms with Crippen LogP contribution in [0.5, 0.6) is 5.75 Å². The molecule has 0 radical (unpaired) electrons. The van der Waals surface area contributed by atoms with E-state index in [9.17, 15) is 18.0 Å². The number of benzene rings is 2. The van der Waals surface area contributed by atoms with Crippen molar-refractivity contribution < 1.29 is 27.2 Å². The van der Waals surface area contributed by atoms with Crippen LogP contribution in [0.1, 0.15) is 22.1 Å². The first kappa shape index (κ1) is 24.1. The van der Waals surface area contributed by atoms with Gasteiger partial charge in [-0.2, -0.15) is 0 Å². The third-order valence-corrected chi connectivity index (χ3v) is 7.19. The standard InChI is InChI=1S/C24H26N2O6S/c1-17-9-11-19(12-10-17)33(29,30)22(21-8-5-15-32-21)16-26-24(28)23(27)25-14-13-18-6-3-4-7-20(18)31-2/h3-12,15,22H,13-14,16H2,1-2H3,(H,25,27)(H,26,28). The topological polar surface area (TPSA) is 115 Å². The molecule has 0 bridgehead atoms. The lowest BCUT2D eigenvalue weighted by Gasteiger charge is -2.17. The summed E-state index contributed by atoms with van der Waals surface area (Å²) in [6.07, 6.45) is 1.83. The summed E-state index contributed by atoms with van der Waals surface area (Å²) in [5.74, 6) is -0.909. The van der Waals surface area contributed by atoms with E-state index in [0.717, 1.165) is 11.1 Å². The summed E-state index contributed by atoms with van der Waals surface area (Å²) < 4.78 is 37.0. The average Bonchev–Trinajstić information content (AvgIpc) is 3.34. The quantitative estimate of drug-likeness (QED) is 0.465. The monoisotopic (exact) mass is 470 g/mol. The summed E-state index contributed by atoms with van der Waals surface area (Å²) in [5.41, 5.74) is 1.81. The zero-order valence-corrected chi connectivity index (χ0v) is 19.2. The third kappa shape index (κ3) is 6.01. The first-order valence-electron chi connectivity index (χ1n) is 10.3. The number of ether oxygens (including phenoxy) is 1. The Morgan fingerprint density at radius 1 is 0.970 bits per heavy atom. The number of carbonyl (C=O) groups excluding carboxylic acids is 2. The normalized spacial score (nSPS) is 12.1. The van der Waals surface area contributed by atoms with Gasteiger partial charge in [0.15, 0.2) is 9.84 Å². The second-order valence-corrected chi connectivity index (χ2v) is 9.52. The molecule has 0 aliphatic rings. The molecule has 1 heterocycles. The number of carbonyl (C=O) groups is 2. The molecule has 9 heteroatoms. The van der Waals surface area contributed by atoms with Crippen LogP contribution in [-0.2, 0) is 25.8 Å². The van der Waals surface area contributed by atoms with Crippen molar-refractivity contribution >= 4 is 21.7 Å². The lowest BCUT2D eigenvalue weighted by molar-refractivity contribution is -0.139. The lowest BCUT2D eigenvalue weighted by Crippen LogP contribution is -2.42. The van der Waals surface area contributed by atoms with Crippen molar-refractivity contribution in [2.24, 2.45) is 0 Å². The van der Waals surface area contributed by atoms with E-state index < -0.39 is 26.9 Å². The van der Waals surface area contributed by atoms with Gasteiger partial charge in [0.1, 0.15) is 16.8 Å². The molecule has 0 saturated carbocycles. The predicted molar refractivity (Wildman–Crippen MR) is 123 cm³/mol. The van der Waals surface area contributed by atoms with Crippen LogP contribution in [0.2, 0.25) is 0 Å². The van der Waals surface area contributed by atoms with Crippen LogP contribution in [-0.4, -0.2) is 40.4 Å². The largest absolute Gasteiger partial charge is 0.496 e. The van der Waals surface area contributed by atoms with Crippen LogP contribution < -0.4 is 15.4 Å². The van der Waals surface area contributed by atoms with E-state index in [1.54, 1.807) is 25.3 Å². The number of sulfone groups is 1. The fourth-order valence-electron chi connectivity index (χ4n) is 3.30. The van der Waals surface area contributed by atoms with E-state index >= 15 is 0 Å². The lowest BCUT2D eigenvalue weighted by atomic mass is 10.1. The van der Waals surface area contributed by atoms with Crippen molar-refractivity contribution in [1.29, 1.82) is 0 Å². The van der Waals surface area contributed by atoms with Gasteiger partial charge in [-0.1, -0.05) is 35.9 Å². The molecule has 1 aromatic heterocycles. The summed E-state index contributed by atoms with van der Waals surface area (Å²) in [7, 11) is -2.32. The Kier molecular flexibility index (Phi) is 7.89. The molecule has 0 spiro atoms. The molecule has 174 valence electrons.